The number of rotatable bonds is 9. The van der Waals surface area contributed by atoms with E-state index in [1.54, 1.807) is 55.6 Å². The number of pyridine rings is 1. The molecule has 0 bridgehead atoms. The molecule has 186 valence electrons. The van der Waals surface area contributed by atoms with Gasteiger partial charge >= 0.3 is 0 Å². The van der Waals surface area contributed by atoms with Crippen LogP contribution in [0.3, 0.4) is 0 Å². The van der Waals surface area contributed by atoms with Gasteiger partial charge in [-0.1, -0.05) is 49.7 Å². The average molecular weight is 494 g/mol. The van der Waals surface area contributed by atoms with E-state index in [4.69, 9.17) is 4.74 Å². The topological polar surface area (TPSA) is 22.1 Å². The van der Waals surface area contributed by atoms with Crippen LogP contribution in [0.1, 0.15) is 37.0 Å². The minimum Gasteiger partial charge on any atom is -0.491 e. The highest BCUT2D eigenvalue weighted by Gasteiger charge is 2.17. The Morgan fingerprint density at radius 3 is 2.00 bits per heavy atom. The van der Waals surface area contributed by atoms with Crippen molar-refractivity contribution in [1.29, 1.82) is 0 Å². The van der Waals surface area contributed by atoms with Crippen LogP contribution in [-0.4, -0.2) is 11.6 Å². The maximum absolute atomic E-state index is 14.8. The molecule has 3 aromatic carbocycles. The minimum absolute atomic E-state index is 0.125. The largest absolute Gasteiger partial charge is 0.491 e. The van der Waals surface area contributed by atoms with Gasteiger partial charge in [-0.15, -0.1) is 0 Å². The lowest BCUT2D eigenvalue weighted by Crippen LogP contribution is -2.01. The number of halogens is 4. The zero-order chi connectivity index (χ0) is 25.7. The molecule has 0 amide bonds. The molecule has 0 aliphatic carbocycles. The van der Waals surface area contributed by atoms with E-state index in [1.807, 2.05) is 6.07 Å². The first-order valence-corrected chi connectivity index (χ1v) is 12.0. The molecule has 2 nitrogen and oxygen atoms in total. The highest BCUT2D eigenvalue weighted by atomic mass is 19.2. The highest BCUT2D eigenvalue weighted by molar-refractivity contribution is 5.66. The van der Waals surface area contributed by atoms with Crippen LogP contribution in [0.2, 0.25) is 0 Å². The molecule has 0 aliphatic heterocycles. The van der Waals surface area contributed by atoms with Crippen LogP contribution in [0.4, 0.5) is 17.6 Å². The molecule has 0 aliphatic rings. The molecule has 1 aromatic heterocycles. The summed E-state index contributed by atoms with van der Waals surface area (Å²) in [6.45, 7) is 4.00. The van der Waals surface area contributed by atoms with Gasteiger partial charge < -0.3 is 4.74 Å². The Hall–Kier alpha value is -3.67. The van der Waals surface area contributed by atoms with Crippen LogP contribution >= 0.6 is 0 Å². The van der Waals surface area contributed by atoms with E-state index < -0.39 is 23.3 Å². The maximum Gasteiger partial charge on any atom is 0.201 e. The molecule has 0 saturated heterocycles. The van der Waals surface area contributed by atoms with Crippen LogP contribution in [0.5, 0.6) is 5.75 Å². The van der Waals surface area contributed by atoms with E-state index in [1.165, 1.54) is 12.1 Å². The van der Waals surface area contributed by atoms with E-state index >= 15 is 0 Å². The summed E-state index contributed by atoms with van der Waals surface area (Å²) in [4.78, 5) is 4.29. The van der Waals surface area contributed by atoms with Gasteiger partial charge in [0.15, 0.2) is 23.2 Å². The number of hydrogen-bond donors (Lipinski definition) is 0. The number of nitrogens with zero attached hydrogens (tertiary/aromatic N) is 1. The minimum atomic E-state index is -1.02. The van der Waals surface area contributed by atoms with Crippen LogP contribution in [-0.2, 0) is 19.3 Å². The molecule has 0 spiro atoms. The first kappa shape index (κ1) is 25.4. The van der Waals surface area contributed by atoms with Crippen molar-refractivity contribution in [2.45, 2.75) is 39.5 Å². The third kappa shape index (κ3) is 5.43. The van der Waals surface area contributed by atoms with Gasteiger partial charge in [-0.2, -0.15) is 4.39 Å². The second-order valence-electron chi connectivity index (χ2n) is 8.57. The molecular formula is C30H27F4NO. The molecule has 1 heterocycles. The summed E-state index contributed by atoms with van der Waals surface area (Å²) in [5.74, 6) is -3.91. The Labute approximate surface area is 208 Å². The fraction of sp³-hybridized carbons (Fsp3) is 0.233. The van der Waals surface area contributed by atoms with Crippen molar-refractivity contribution in [3.63, 3.8) is 0 Å². The second-order valence-corrected chi connectivity index (χ2v) is 8.57. The van der Waals surface area contributed by atoms with Crippen molar-refractivity contribution in [2.75, 3.05) is 6.61 Å². The van der Waals surface area contributed by atoms with Crippen molar-refractivity contribution in [3.05, 3.63) is 107 Å². The molecule has 0 saturated carbocycles. The second kappa shape index (κ2) is 11.4. The van der Waals surface area contributed by atoms with Crippen LogP contribution in [0, 0.1) is 23.3 Å². The Kier molecular flexibility index (Phi) is 8.04. The first-order valence-electron chi connectivity index (χ1n) is 12.0. The molecule has 4 rings (SSSR count). The molecule has 0 unspecified atom stereocenters. The summed E-state index contributed by atoms with van der Waals surface area (Å²) in [5, 5.41) is 0. The van der Waals surface area contributed by atoms with E-state index in [0.717, 1.165) is 24.0 Å². The van der Waals surface area contributed by atoms with Crippen LogP contribution < -0.4 is 4.74 Å². The Morgan fingerprint density at radius 1 is 0.639 bits per heavy atom. The first-order chi connectivity index (χ1) is 17.4. The number of aromatic nitrogens is 1. The summed E-state index contributed by atoms with van der Waals surface area (Å²) in [7, 11) is 0. The van der Waals surface area contributed by atoms with Crippen LogP contribution in [0.15, 0.2) is 66.9 Å². The maximum atomic E-state index is 14.8. The predicted octanol–water partition coefficient (Wildman–Crippen LogP) is 8.11. The van der Waals surface area contributed by atoms with E-state index in [-0.39, 0.29) is 35.5 Å². The van der Waals surface area contributed by atoms with Gasteiger partial charge in [0.1, 0.15) is 0 Å². The van der Waals surface area contributed by atoms with Gasteiger partial charge in [-0.05, 0) is 72.7 Å². The summed E-state index contributed by atoms with van der Waals surface area (Å²) in [6, 6.07) is 16.5. The number of benzene rings is 3. The van der Waals surface area contributed by atoms with Crippen molar-refractivity contribution >= 4 is 0 Å². The molecule has 0 radical (unpaired) electrons. The SMILES string of the molecule is CCCc1ccc(-c2ccc(CCc3ccc(-c4ccc(OCC)c(F)c4F)cc3)c(F)c2F)nc1. The summed E-state index contributed by atoms with van der Waals surface area (Å²) in [5.41, 5.74) is 3.35. The van der Waals surface area contributed by atoms with Crippen molar-refractivity contribution in [2.24, 2.45) is 0 Å². The molecular weight excluding hydrogens is 466 g/mol. The number of ether oxygens (including phenoxy) is 1. The molecule has 0 fully saturated rings. The fourth-order valence-corrected chi connectivity index (χ4v) is 4.15. The Bertz CT molecular complexity index is 1330. The smallest absolute Gasteiger partial charge is 0.201 e. The normalized spacial score (nSPS) is 11.1. The van der Waals surface area contributed by atoms with E-state index in [0.29, 0.717) is 17.7 Å². The molecule has 6 heteroatoms. The van der Waals surface area contributed by atoms with Crippen molar-refractivity contribution < 1.29 is 22.3 Å². The number of aryl methyl sites for hydroxylation is 3. The third-order valence-electron chi connectivity index (χ3n) is 6.10. The van der Waals surface area contributed by atoms with Gasteiger partial charge in [-0.3, -0.25) is 4.98 Å². The van der Waals surface area contributed by atoms with E-state index in [2.05, 4.69) is 11.9 Å². The number of hydrogen-bond acceptors (Lipinski definition) is 2. The lowest BCUT2D eigenvalue weighted by Gasteiger charge is -2.11. The summed E-state index contributed by atoms with van der Waals surface area (Å²) < 4.78 is 63.4. The lowest BCUT2D eigenvalue weighted by atomic mass is 9.98. The lowest BCUT2D eigenvalue weighted by molar-refractivity contribution is 0.314. The Balaban J connectivity index is 1.46. The molecule has 36 heavy (non-hydrogen) atoms. The standard InChI is InChI=1S/C30H27F4NO/c1-3-5-20-9-16-25(35-18-20)24-14-13-22(27(31)29(24)33)12-8-19-6-10-21(11-7-19)23-15-17-26(36-4-2)30(34)28(23)32/h6-7,9-11,13-18H,3-5,8,12H2,1-2H3. The molecule has 0 atom stereocenters. The average Bonchev–Trinajstić information content (AvgIpc) is 2.89. The molecule has 4 aromatic rings. The van der Waals surface area contributed by atoms with E-state index in [9.17, 15) is 17.6 Å². The van der Waals surface area contributed by atoms with Gasteiger partial charge in [0, 0.05) is 17.3 Å². The predicted molar refractivity (Wildman–Crippen MR) is 134 cm³/mol. The van der Waals surface area contributed by atoms with Crippen LogP contribution in [0.25, 0.3) is 22.4 Å². The van der Waals surface area contributed by atoms with Gasteiger partial charge in [0.2, 0.25) is 5.82 Å². The fourth-order valence-electron chi connectivity index (χ4n) is 4.15. The van der Waals surface area contributed by atoms with Crippen molar-refractivity contribution in [1.82, 2.24) is 4.98 Å². The summed E-state index contributed by atoms with van der Waals surface area (Å²) in [6.07, 6.45) is 4.31. The van der Waals surface area contributed by atoms with Gasteiger partial charge in [0.05, 0.1) is 12.3 Å². The monoisotopic (exact) mass is 493 g/mol. The zero-order valence-electron chi connectivity index (χ0n) is 20.3. The Morgan fingerprint density at radius 2 is 1.33 bits per heavy atom. The highest BCUT2D eigenvalue weighted by Crippen LogP contribution is 2.31. The third-order valence-corrected chi connectivity index (χ3v) is 6.10. The molecule has 0 N–H and O–H groups in total. The van der Waals surface area contributed by atoms with Gasteiger partial charge in [0.25, 0.3) is 0 Å². The zero-order valence-corrected chi connectivity index (χ0v) is 20.3. The van der Waals surface area contributed by atoms with Crippen molar-refractivity contribution in [3.8, 4) is 28.1 Å². The quantitative estimate of drug-likeness (QED) is 0.220. The van der Waals surface area contributed by atoms with Gasteiger partial charge in [-0.25, -0.2) is 13.2 Å². The summed E-state index contributed by atoms with van der Waals surface area (Å²) >= 11 is 0.